The van der Waals surface area contributed by atoms with Crippen molar-refractivity contribution in [3.63, 3.8) is 0 Å². The molecule has 3 aromatic rings. The number of thiophene rings is 1. The molecule has 2 atom stereocenters. The third kappa shape index (κ3) is 4.39. The lowest BCUT2D eigenvalue weighted by Gasteiger charge is -2.13. The molecule has 2 aromatic carbocycles. The van der Waals surface area contributed by atoms with Crippen molar-refractivity contribution in [3.05, 3.63) is 87.6 Å². The molecule has 4 rings (SSSR count). The SMILES string of the molecule is CNC(=O)/C(=N/OC)c1ccccc1COc1cccc(C2CC2c2cccs2)c1. The van der Waals surface area contributed by atoms with Gasteiger partial charge in [-0.1, -0.05) is 47.6 Å². The summed E-state index contributed by atoms with van der Waals surface area (Å²) in [5.74, 6) is 1.71. The van der Waals surface area contributed by atoms with Crippen molar-refractivity contribution < 1.29 is 14.4 Å². The van der Waals surface area contributed by atoms with Crippen LogP contribution >= 0.6 is 11.3 Å². The second kappa shape index (κ2) is 9.13. The van der Waals surface area contributed by atoms with E-state index in [0.717, 1.165) is 11.3 Å². The maximum absolute atomic E-state index is 12.2. The molecular weight excluding hydrogens is 396 g/mol. The Labute approximate surface area is 180 Å². The maximum Gasteiger partial charge on any atom is 0.273 e. The van der Waals surface area contributed by atoms with Crippen molar-refractivity contribution >= 4 is 23.0 Å². The fourth-order valence-corrected chi connectivity index (χ4v) is 4.58. The molecule has 1 N–H and O–H groups in total. The van der Waals surface area contributed by atoms with Crippen LogP contribution in [0.5, 0.6) is 5.75 Å². The van der Waals surface area contributed by atoms with E-state index < -0.39 is 0 Å². The molecule has 1 amide bonds. The summed E-state index contributed by atoms with van der Waals surface area (Å²) in [4.78, 5) is 18.6. The molecular formula is C24H24N2O3S. The number of hydrogen-bond donors (Lipinski definition) is 1. The van der Waals surface area contributed by atoms with E-state index >= 15 is 0 Å². The summed E-state index contributed by atoms with van der Waals surface area (Å²) in [7, 11) is 2.99. The zero-order valence-corrected chi connectivity index (χ0v) is 17.8. The van der Waals surface area contributed by atoms with E-state index in [9.17, 15) is 4.79 Å². The summed E-state index contributed by atoms with van der Waals surface area (Å²) in [6, 6.07) is 20.2. The number of amides is 1. The number of rotatable bonds is 8. The standard InChI is InChI=1S/C24H24N2O3S/c1-25-24(27)23(26-28-2)19-10-4-3-7-17(19)15-29-18-9-5-8-16(13-18)20-14-21(20)22-11-6-12-30-22/h3-13,20-21H,14-15H2,1-2H3,(H,25,27)/b26-23+. The number of carbonyl (C=O) groups excluding carboxylic acids is 1. The van der Waals surface area contributed by atoms with E-state index in [1.54, 1.807) is 7.05 Å². The number of carbonyl (C=O) groups is 1. The molecule has 1 aliphatic carbocycles. The van der Waals surface area contributed by atoms with Crippen molar-refractivity contribution in [2.24, 2.45) is 5.16 Å². The van der Waals surface area contributed by atoms with Gasteiger partial charge in [-0.2, -0.15) is 0 Å². The van der Waals surface area contributed by atoms with Crippen molar-refractivity contribution in [1.29, 1.82) is 0 Å². The Bertz CT molecular complexity index is 1050. The molecule has 154 valence electrons. The van der Waals surface area contributed by atoms with Gasteiger partial charge < -0.3 is 14.9 Å². The molecule has 0 spiro atoms. The molecule has 30 heavy (non-hydrogen) atoms. The molecule has 0 aliphatic heterocycles. The van der Waals surface area contributed by atoms with Gasteiger partial charge in [0.05, 0.1) is 0 Å². The van der Waals surface area contributed by atoms with Crippen LogP contribution in [0.25, 0.3) is 0 Å². The summed E-state index contributed by atoms with van der Waals surface area (Å²) in [5, 5.41) is 8.65. The normalized spacial score (nSPS) is 18.0. The van der Waals surface area contributed by atoms with Gasteiger partial charge in [-0.05, 0) is 47.0 Å². The molecule has 6 heteroatoms. The van der Waals surface area contributed by atoms with Gasteiger partial charge in [-0.3, -0.25) is 4.79 Å². The van der Waals surface area contributed by atoms with Crippen LogP contribution in [0.15, 0.2) is 71.2 Å². The Hall–Kier alpha value is -3.12. The summed E-state index contributed by atoms with van der Waals surface area (Å²) in [6.07, 6.45) is 1.19. The van der Waals surface area contributed by atoms with Crippen LogP contribution in [0.3, 0.4) is 0 Å². The van der Waals surface area contributed by atoms with Crippen LogP contribution in [0, 0.1) is 0 Å². The molecule has 5 nitrogen and oxygen atoms in total. The third-order valence-electron chi connectivity index (χ3n) is 5.28. The first-order valence-corrected chi connectivity index (χ1v) is 10.8. The van der Waals surface area contributed by atoms with Crippen molar-refractivity contribution in [2.45, 2.75) is 24.9 Å². The van der Waals surface area contributed by atoms with Gasteiger partial charge in [0.2, 0.25) is 0 Å². The Morgan fingerprint density at radius 3 is 2.77 bits per heavy atom. The summed E-state index contributed by atoms with van der Waals surface area (Å²) in [5.41, 5.74) is 3.09. The number of nitrogens with zero attached hydrogens (tertiary/aromatic N) is 1. The average Bonchev–Trinajstić information content (AvgIpc) is 3.40. The monoisotopic (exact) mass is 420 g/mol. The first-order chi connectivity index (χ1) is 14.7. The van der Waals surface area contributed by atoms with E-state index in [1.807, 2.05) is 47.7 Å². The first kappa shape index (κ1) is 20.2. The molecule has 1 saturated carbocycles. The van der Waals surface area contributed by atoms with Crippen molar-refractivity contribution in [2.75, 3.05) is 14.2 Å². The van der Waals surface area contributed by atoms with Gasteiger partial charge in [-0.15, -0.1) is 11.3 Å². The van der Waals surface area contributed by atoms with Crippen LogP contribution in [-0.4, -0.2) is 25.8 Å². The molecule has 1 aromatic heterocycles. The summed E-state index contributed by atoms with van der Waals surface area (Å²) < 4.78 is 6.09. The van der Waals surface area contributed by atoms with Crippen LogP contribution in [0.4, 0.5) is 0 Å². The van der Waals surface area contributed by atoms with E-state index in [0.29, 0.717) is 24.0 Å². The molecule has 0 saturated heterocycles. The fraction of sp³-hybridized carbons (Fsp3) is 0.250. The zero-order chi connectivity index (χ0) is 20.9. The van der Waals surface area contributed by atoms with Gasteiger partial charge in [-0.25, -0.2) is 0 Å². The molecule has 1 heterocycles. The highest BCUT2D eigenvalue weighted by Crippen LogP contribution is 2.56. The summed E-state index contributed by atoms with van der Waals surface area (Å²) in [6.45, 7) is 0.332. The van der Waals surface area contributed by atoms with Gasteiger partial charge in [0.1, 0.15) is 19.5 Å². The molecule has 1 aliphatic rings. The Kier molecular flexibility index (Phi) is 6.14. The molecule has 0 bridgehead atoms. The largest absolute Gasteiger partial charge is 0.489 e. The van der Waals surface area contributed by atoms with Crippen LogP contribution in [-0.2, 0) is 16.2 Å². The Morgan fingerprint density at radius 1 is 1.13 bits per heavy atom. The van der Waals surface area contributed by atoms with E-state index in [1.165, 1.54) is 24.0 Å². The Balaban J connectivity index is 1.48. The lowest BCUT2D eigenvalue weighted by molar-refractivity contribution is -0.114. The topological polar surface area (TPSA) is 59.9 Å². The predicted molar refractivity (Wildman–Crippen MR) is 119 cm³/mol. The lowest BCUT2D eigenvalue weighted by Crippen LogP contribution is -2.29. The minimum Gasteiger partial charge on any atom is -0.489 e. The molecule has 0 radical (unpaired) electrons. The Morgan fingerprint density at radius 2 is 2.00 bits per heavy atom. The van der Waals surface area contributed by atoms with Gasteiger partial charge in [0.15, 0.2) is 5.71 Å². The van der Waals surface area contributed by atoms with Gasteiger partial charge >= 0.3 is 0 Å². The predicted octanol–water partition coefficient (Wildman–Crippen LogP) is 4.69. The number of nitrogens with one attached hydrogen (secondary N) is 1. The smallest absolute Gasteiger partial charge is 0.273 e. The fourth-order valence-electron chi connectivity index (χ4n) is 3.68. The number of ether oxygens (including phenoxy) is 1. The number of oxime groups is 1. The van der Waals surface area contributed by atoms with Crippen LogP contribution in [0.1, 0.15) is 39.8 Å². The molecule has 1 fully saturated rings. The molecule has 2 unspecified atom stereocenters. The lowest BCUT2D eigenvalue weighted by atomic mass is 10.0. The quantitative estimate of drug-likeness (QED) is 0.425. The van der Waals surface area contributed by atoms with Gasteiger partial charge in [0.25, 0.3) is 5.91 Å². The minimum atomic E-state index is -0.306. The average molecular weight is 421 g/mol. The van der Waals surface area contributed by atoms with Crippen molar-refractivity contribution in [3.8, 4) is 5.75 Å². The summed E-state index contributed by atoms with van der Waals surface area (Å²) >= 11 is 1.83. The van der Waals surface area contributed by atoms with E-state index in [4.69, 9.17) is 9.57 Å². The highest BCUT2D eigenvalue weighted by atomic mass is 32.1. The second-order valence-electron chi connectivity index (χ2n) is 7.18. The highest BCUT2D eigenvalue weighted by molar-refractivity contribution is 7.10. The van der Waals surface area contributed by atoms with Gasteiger partial charge in [0, 0.05) is 23.4 Å². The van der Waals surface area contributed by atoms with Crippen LogP contribution in [0.2, 0.25) is 0 Å². The van der Waals surface area contributed by atoms with E-state index in [2.05, 4.69) is 40.1 Å². The second-order valence-corrected chi connectivity index (χ2v) is 8.16. The minimum absolute atomic E-state index is 0.227. The van der Waals surface area contributed by atoms with E-state index in [-0.39, 0.29) is 11.6 Å². The number of likely N-dealkylation sites (N-methyl/N-ethyl adjacent to an activating group) is 1. The third-order valence-corrected chi connectivity index (χ3v) is 6.28. The zero-order valence-electron chi connectivity index (χ0n) is 17.0. The van der Waals surface area contributed by atoms with Crippen LogP contribution < -0.4 is 10.1 Å². The first-order valence-electron chi connectivity index (χ1n) is 9.89. The number of hydrogen-bond acceptors (Lipinski definition) is 5. The maximum atomic E-state index is 12.2. The van der Waals surface area contributed by atoms with Crippen molar-refractivity contribution in [1.82, 2.24) is 5.32 Å². The highest BCUT2D eigenvalue weighted by Gasteiger charge is 2.40. The number of benzene rings is 2.